The van der Waals surface area contributed by atoms with Crippen LogP contribution in [0.2, 0.25) is 0 Å². The van der Waals surface area contributed by atoms with Crippen LogP contribution in [0.15, 0.2) is 28.9 Å². The number of allylic oxidation sites excluding steroid dienone is 2. The second-order valence-corrected chi connectivity index (χ2v) is 2.61. The molecular formula is C8H10N2. The predicted octanol–water partition coefficient (Wildman–Crippen LogP) is 1.22. The molecule has 2 nitrogen and oxygen atoms in total. The van der Waals surface area contributed by atoms with Crippen molar-refractivity contribution in [3.8, 4) is 0 Å². The molecule has 1 atom stereocenters. The van der Waals surface area contributed by atoms with Gasteiger partial charge in [0.1, 0.15) is 0 Å². The normalized spacial score (nSPS) is 28.8. The Labute approximate surface area is 60.3 Å². The molecule has 1 N–H and O–H groups in total. The summed E-state index contributed by atoms with van der Waals surface area (Å²) in [5.74, 6) is 0. The highest BCUT2D eigenvalue weighted by molar-refractivity contribution is 5.74. The lowest BCUT2D eigenvalue weighted by Gasteiger charge is -2.22. The van der Waals surface area contributed by atoms with Gasteiger partial charge in [-0.15, -0.1) is 0 Å². The maximum absolute atomic E-state index is 3.98. The van der Waals surface area contributed by atoms with Gasteiger partial charge in [0.25, 0.3) is 0 Å². The van der Waals surface area contributed by atoms with E-state index in [1.165, 1.54) is 18.4 Å². The number of hydrogen-bond donors (Lipinski definition) is 1. The fourth-order valence-corrected chi connectivity index (χ4v) is 1.33. The van der Waals surface area contributed by atoms with Gasteiger partial charge in [-0.1, -0.05) is 12.2 Å². The van der Waals surface area contributed by atoms with E-state index >= 15 is 0 Å². The third-order valence-corrected chi connectivity index (χ3v) is 1.91. The van der Waals surface area contributed by atoms with Crippen LogP contribution in [0.3, 0.4) is 0 Å². The molecule has 0 saturated heterocycles. The van der Waals surface area contributed by atoms with E-state index in [2.05, 4.69) is 28.8 Å². The number of nitrogens with one attached hydrogen (secondary N) is 1. The zero-order chi connectivity index (χ0) is 6.81. The number of rotatable bonds is 0. The van der Waals surface area contributed by atoms with Crippen molar-refractivity contribution in [2.45, 2.75) is 18.9 Å². The molecule has 0 aromatic carbocycles. The lowest BCUT2D eigenvalue weighted by Crippen LogP contribution is -2.29. The number of fused-ring (bicyclic) bond motifs is 1. The van der Waals surface area contributed by atoms with Gasteiger partial charge in [-0.25, -0.2) is 0 Å². The first kappa shape index (κ1) is 5.71. The summed E-state index contributed by atoms with van der Waals surface area (Å²) < 4.78 is 0. The van der Waals surface area contributed by atoms with E-state index in [-0.39, 0.29) is 0 Å². The van der Waals surface area contributed by atoms with Crippen LogP contribution in [0.4, 0.5) is 0 Å². The SMILES string of the molecule is C1=CC2=CC=NNC2CC1. The Balaban J connectivity index is 2.27. The van der Waals surface area contributed by atoms with Crippen LogP contribution in [-0.2, 0) is 0 Å². The van der Waals surface area contributed by atoms with Gasteiger partial charge in [-0.05, 0) is 24.5 Å². The van der Waals surface area contributed by atoms with Crippen LogP contribution in [0.5, 0.6) is 0 Å². The molecule has 1 aliphatic heterocycles. The molecule has 0 bridgehead atoms. The van der Waals surface area contributed by atoms with Gasteiger partial charge in [0, 0.05) is 6.21 Å². The van der Waals surface area contributed by atoms with Crippen molar-refractivity contribution in [2.75, 3.05) is 0 Å². The van der Waals surface area contributed by atoms with Crippen molar-refractivity contribution in [3.05, 3.63) is 23.8 Å². The van der Waals surface area contributed by atoms with Crippen LogP contribution in [-0.4, -0.2) is 12.3 Å². The maximum Gasteiger partial charge on any atom is 0.0692 e. The molecule has 2 aliphatic rings. The summed E-state index contributed by atoms with van der Waals surface area (Å²) in [6.45, 7) is 0. The Morgan fingerprint density at radius 2 is 2.60 bits per heavy atom. The molecule has 52 valence electrons. The first-order valence-corrected chi connectivity index (χ1v) is 3.62. The molecular weight excluding hydrogens is 124 g/mol. The van der Waals surface area contributed by atoms with E-state index in [4.69, 9.17) is 0 Å². The molecule has 1 heterocycles. The molecule has 2 heteroatoms. The van der Waals surface area contributed by atoms with Gasteiger partial charge in [-0.2, -0.15) is 5.10 Å². The van der Waals surface area contributed by atoms with Gasteiger partial charge in [0.05, 0.1) is 6.04 Å². The van der Waals surface area contributed by atoms with Crippen LogP contribution < -0.4 is 5.43 Å². The maximum atomic E-state index is 3.98. The molecule has 10 heavy (non-hydrogen) atoms. The van der Waals surface area contributed by atoms with Crippen molar-refractivity contribution < 1.29 is 0 Å². The smallest absolute Gasteiger partial charge is 0.0692 e. The average Bonchev–Trinajstić information content (AvgIpc) is 2.05. The monoisotopic (exact) mass is 134 g/mol. The minimum absolute atomic E-state index is 0.481. The van der Waals surface area contributed by atoms with Crippen LogP contribution >= 0.6 is 0 Å². The Bertz CT molecular complexity index is 213. The van der Waals surface area contributed by atoms with Crippen molar-refractivity contribution >= 4 is 6.21 Å². The number of hydrogen-bond acceptors (Lipinski definition) is 2. The van der Waals surface area contributed by atoms with Crippen LogP contribution in [0.1, 0.15) is 12.8 Å². The summed E-state index contributed by atoms with van der Waals surface area (Å²) in [4.78, 5) is 0. The standard InChI is InChI=1S/C8H10N2/c1-2-4-8-7(3-1)5-6-9-10-8/h1,3,5-6,8,10H,2,4H2. The third kappa shape index (κ3) is 0.856. The van der Waals surface area contributed by atoms with E-state index in [1.807, 2.05) is 6.21 Å². The second kappa shape index (κ2) is 2.29. The zero-order valence-corrected chi connectivity index (χ0v) is 5.75. The van der Waals surface area contributed by atoms with Crippen molar-refractivity contribution in [3.63, 3.8) is 0 Å². The zero-order valence-electron chi connectivity index (χ0n) is 5.75. The molecule has 0 amide bonds. The summed E-state index contributed by atoms with van der Waals surface area (Å²) in [7, 11) is 0. The van der Waals surface area contributed by atoms with Crippen molar-refractivity contribution in [1.82, 2.24) is 5.43 Å². The second-order valence-electron chi connectivity index (χ2n) is 2.61. The Hall–Kier alpha value is -1.05. The molecule has 0 fully saturated rings. The van der Waals surface area contributed by atoms with Gasteiger partial charge in [0.2, 0.25) is 0 Å². The van der Waals surface area contributed by atoms with Gasteiger partial charge in [0.15, 0.2) is 0 Å². The summed E-state index contributed by atoms with van der Waals surface area (Å²) in [5, 5.41) is 3.98. The molecule has 0 saturated carbocycles. The molecule has 0 aromatic heterocycles. The van der Waals surface area contributed by atoms with E-state index in [9.17, 15) is 0 Å². The molecule has 1 unspecified atom stereocenters. The lowest BCUT2D eigenvalue weighted by molar-refractivity contribution is 0.554. The number of nitrogens with zero attached hydrogens (tertiary/aromatic N) is 1. The molecule has 2 rings (SSSR count). The number of hydrazone groups is 1. The fraction of sp³-hybridized carbons (Fsp3) is 0.375. The predicted molar refractivity (Wildman–Crippen MR) is 41.9 cm³/mol. The van der Waals surface area contributed by atoms with Crippen LogP contribution in [0, 0.1) is 0 Å². The highest BCUT2D eigenvalue weighted by atomic mass is 15.3. The first-order chi connectivity index (χ1) is 4.97. The molecule has 0 aromatic rings. The van der Waals surface area contributed by atoms with Crippen molar-refractivity contribution in [1.29, 1.82) is 0 Å². The summed E-state index contributed by atoms with van der Waals surface area (Å²) in [6, 6.07) is 0.481. The first-order valence-electron chi connectivity index (χ1n) is 3.62. The minimum atomic E-state index is 0.481. The average molecular weight is 134 g/mol. The molecule has 0 radical (unpaired) electrons. The van der Waals surface area contributed by atoms with E-state index in [0.29, 0.717) is 6.04 Å². The van der Waals surface area contributed by atoms with Crippen molar-refractivity contribution in [2.24, 2.45) is 5.10 Å². The minimum Gasteiger partial charge on any atom is -0.303 e. The van der Waals surface area contributed by atoms with E-state index in [1.54, 1.807) is 0 Å². The molecule has 1 aliphatic carbocycles. The third-order valence-electron chi connectivity index (χ3n) is 1.91. The van der Waals surface area contributed by atoms with Gasteiger partial charge < -0.3 is 5.43 Å². The lowest BCUT2D eigenvalue weighted by atomic mass is 9.96. The Kier molecular flexibility index (Phi) is 1.31. The van der Waals surface area contributed by atoms with Gasteiger partial charge >= 0.3 is 0 Å². The summed E-state index contributed by atoms with van der Waals surface area (Å²) in [5.41, 5.74) is 4.43. The van der Waals surface area contributed by atoms with E-state index < -0.39 is 0 Å². The summed E-state index contributed by atoms with van der Waals surface area (Å²) in [6.07, 6.45) is 10.6. The Morgan fingerprint density at radius 3 is 3.50 bits per heavy atom. The quantitative estimate of drug-likeness (QED) is 0.529. The topological polar surface area (TPSA) is 24.4 Å². The van der Waals surface area contributed by atoms with Crippen LogP contribution in [0.25, 0.3) is 0 Å². The highest BCUT2D eigenvalue weighted by Gasteiger charge is 2.14. The Morgan fingerprint density at radius 1 is 1.60 bits per heavy atom. The molecule has 0 spiro atoms. The van der Waals surface area contributed by atoms with Gasteiger partial charge in [-0.3, -0.25) is 0 Å². The largest absolute Gasteiger partial charge is 0.303 e. The highest BCUT2D eigenvalue weighted by Crippen LogP contribution is 2.17. The van der Waals surface area contributed by atoms with E-state index in [0.717, 1.165) is 0 Å². The fourth-order valence-electron chi connectivity index (χ4n) is 1.33. The summed E-state index contributed by atoms with van der Waals surface area (Å²) >= 11 is 0.